The number of aromatic hydroxyl groups is 1. The van der Waals surface area contributed by atoms with Gasteiger partial charge in [0.15, 0.2) is 0 Å². The van der Waals surface area contributed by atoms with Gasteiger partial charge < -0.3 is 5.11 Å². The smallest absolute Gasteiger partial charge is 0.240 e. The van der Waals surface area contributed by atoms with Crippen LogP contribution in [0.4, 0.5) is 0 Å². The molecule has 0 bridgehead atoms. The molecule has 2 aromatic carbocycles. The minimum absolute atomic E-state index is 0.120. The van der Waals surface area contributed by atoms with Crippen LogP contribution in [0.3, 0.4) is 0 Å². The third-order valence-corrected chi connectivity index (χ3v) is 3.76. The van der Waals surface area contributed by atoms with E-state index in [0.717, 1.165) is 11.1 Å². The van der Waals surface area contributed by atoms with Gasteiger partial charge in [0.1, 0.15) is 5.75 Å². The Morgan fingerprint density at radius 3 is 2.29 bits per heavy atom. The lowest BCUT2D eigenvalue weighted by Gasteiger charge is -2.19. The number of carbonyl (C=O) groups is 1. The Kier molecular flexibility index (Phi) is 5.74. The number of nitrogens with one attached hydrogen (secondary N) is 1. The van der Waals surface area contributed by atoms with Gasteiger partial charge in [-0.25, -0.2) is 5.43 Å². The van der Waals surface area contributed by atoms with E-state index in [1.54, 1.807) is 30.5 Å². The van der Waals surface area contributed by atoms with E-state index in [4.69, 9.17) is 0 Å². The average molecular weight is 324 g/mol. The fraction of sp³-hybridized carbons (Fsp3) is 0.300. The molecule has 0 aliphatic carbocycles. The first-order valence-corrected chi connectivity index (χ1v) is 8.05. The van der Waals surface area contributed by atoms with Gasteiger partial charge in [-0.3, -0.25) is 4.79 Å². The first kappa shape index (κ1) is 17.7. The first-order chi connectivity index (χ1) is 11.3. The summed E-state index contributed by atoms with van der Waals surface area (Å²) in [5.41, 5.74) is 5.89. The normalized spacial score (nSPS) is 11.6. The molecule has 24 heavy (non-hydrogen) atoms. The maximum Gasteiger partial charge on any atom is 0.240 e. The summed E-state index contributed by atoms with van der Waals surface area (Å²) in [6.45, 7) is 6.55. The fourth-order valence-electron chi connectivity index (χ4n) is 2.22. The van der Waals surface area contributed by atoms with Crippen molar-refractivity contribution in [2.45, 2.75) is 39.0 Å². The highest BCUT2D eigenvalue weighted by Crippen LogP contribution is 2.22. The predicted molar refractivity (Wildman–Crippen MR) is 97.3 cm³/mol. The Morgan fingerprint density at radius 1 is 1.08 bits per heavy atom. The van der Waals surface area contributed by atoms with Gasteiger partial charge in [-0.05, 0) is 52.8 Å². The molecule has 2 aromatic rings. The third-order valence-electron chi connectivity index (χ3n) is 3.76. The summed E-state index contributed by atoms with van der Waals surface area (Å²) in [4.78, 5) is 11.8. The molecule has 4 nitrogen and oxygen atoms in total. The number of hydrogen-bond acceptors (Lipinski definition) is 3. The van der Waals surface area contributed by atoms with Crippen molar-refractivity contribution in [1.82, 2.24) is 5.43 Å². The van der Waals surface area contributed by atoms with Crippen LogP contribution >= 0.6 is 0 Å². The summed E-state index contributed by atoms with van der Waals surface area (Å²) in [6, 6.07) is 15.0. The summed E-state index contributed by atoms with van der Waals surface area (Å²) >= 11 is 0. The lowest BCUT2D eigenvalue weighted by molar-refractivity contribution is -0.121. The molecular weight excluding hydrogens is 300 g/mol. The van der Waals surface area contributed by atoms with Gasteiger partial charge in [-0.15, -0.1) is 0 Å². The van der Waals surface area contributed by atoms with Crippen LogP contribution in [0, 0.1) is 0 Å². The van der Waals surface area contributed by atoms with Crippen LogP contribution in [0.5, 0.6) is 5.75 Å². The number of benzene rings is 2. The lowest BCUT2D eigenvalue weighted by Crippen LogP contribution is -2.18. The summed E-state index contributed by atoms with van der Waals surface area (Å²) in [7, 11) is 0. The monoisotopic (exact) mass is 324 g/mol. The van der Waals surface area contributed by atoms with Crippen molar-refractivity contribution in [1.29, 1.82) is 0 Å². The van der Waals surface area contributed by atoms with Crippen molar-refractivity contribution in [3.8, 4) is 5.75 Å². The molecule has 1 amide bonds. The van der Waals surface area contributed by atoms with Gasteiger partial charge in [0.25, 0.3) is 0 Å². The Hall–Kier alpha value is -2.62. The molecule has 0 spiro atoms. The number of carbonyl (C=O) groups excluding carboxylic acids is 1. The van der Waals surface area contributed by atoms with E-state index in [1.807, 2.05) is 0 Å². The van der Waals surface area contributed by atoms with Gasteiger partial charge in [0.05, 0.1) is 6.21 Å². The van der Waals surface area contributed by atoms with E-state index in [0.29, 0.717) is 12.8 Å². The topological polar surface area (TPSA) is 61.7 Å². The zero-order valence-electron chi connectivity index (χ0n) is 14.4. The number of phenolic OH excluding ortho intramolecular Hbond substituents is 1. The van der Waals surface area contributed by atoms with Crippen molar-refractivity contribution in [3.63, 3.8) is 0 Å². The Bertz CT molecular complexity index is 696. The number of hydrogen-bond donors (Lipinski definition) is 2. The highest BCUT2D eigenvalue weighted by atomic mass is 16.3. The van der Waals surface area contributed by atoms with Gasteiger partial charge >= 0.3 is 0 Å². The highest BCUT2D eigenvalue weighted by Gasteiger charge is 2.12. The van der Waals surface area contributed by atoms with Gasteiger partial charge in [0, 0.05) is 6.42 Å². The third kappa shape index (κ3) is 5.54. The highest BCUT2D eigenvalue weighted by molar-refractivity contribution is 5.82. The van der Waals surface area contributed by atoms with Crippen molar-refractivity contribution < 1.29 is 9.90 Å². The Balaban J connectivity index is 1.79. The summed E-state index contributed by atoms with van der Waals surface area (Å²) in [5.74, 6) is 0.0820. The predicted octanol–water partition coefficient (Wildman–Crippen LogP) is 3.77. The molecular formula is C20H24N2O2. The summed E-state index contributed by atoms with van der Waals surface area (Å²) in [5, 5.41) is 13.1. The van der Waals surface area contributed by atoms with Crippen LogP contribution in [0.2, 0.25) is 0 Å². The van der Waals surface area contributed by atoms with Crippen LogP contribution in [-0.2, 0) is 16.6 Å². The van der Waals surface area contributed by atoms with E-state index < -0.39 is 0 Å². The molecule has 0 aliphatic rings. The van der Waals surface area contributed by atoms with E-state index >= 15 is 0 Å². The molecule has 0 radical (unpaired) electrons. The van der Waals surface area contributed by atoms with Gasteiger partial charge in [0.2, 0.25) is 5.91 Å². The number of aryl methyl sites for hydroxylation is 1. The molecule has 0 heterocycles. The molecule has 0 fully saturated rings. The second-order valence-electron chi connectivity index (χ2n) is 6.83. The Labute approximate surface area is 143 Å². The zero-order valence-corrected chi connectivity index (χ0v) is 14.4. The molecule has 126 valence electrons. The van der Waals surface area contributed by atoms with Gasteiger partial charge in [-0.2, -0.15) is 5.10 Å². The number of nitrogens with zero attached hydrogens (tertiary/aromatic N) is 1. The zero-order chi connectivity index (χ0) is 17.6. The van der Waals surface area contributed by atoms with Crippen LogP contribution in [-0.4, -0.2) is 17.2 Å². The van der Waals surface area contributed by atoms with Crippen LogP contribution < -0.4 is 5.43 Å². The van der Waals surface area contributed by atoms with E-state index in [9.17, 15) is 9.90 Å². The molecule has 2 N–H and O–H groups in total. The first-order valence-electron chi connectivity index (χ1n) is 8.05. The van der Waals surface area contributed by atoms with E-state index in [-0.39, 0.29) is 17.1 Å². The minimum Gasteiger partial charge on any atom is -0.508 e. The van der Waals surface area contributed by atoms with Crippen molar-refractivity contribution in [2.24, 2.45) is 5.10 Å². The average Bonchev–Trinajstić information content (AvgIpc) is 2.54. The molecule has 0 saturated heterocycles. The molecule has 0 aromatic heterocycles. The van der Waals surface area contributed by atoms with Crippen LogP contribution in [0.25, 0.3) is 0 Å². The van der Waals surface area contributed by atoms with Crippen molar-refractivity contribution >= 4 is 12.1 Å². The van der Waals surface area contributed by atoms with E-state index in [2.05, 4.69) is 55.6 Å². The lowest BCUT2D eigenvalue weighted by atomic mass is 9.86. The molecule has 0 unspecified atom stereocenters. The molecule has 0 atom stereocenters. The maximum absolute atomic E-state index is 11.8. The van der Waals surface area contributed by atoms with Crippen molar-refractivity contribution in [2.75, 3.05) is 0 Å². The summed E-state index contributed by atoms with van der Waals surface area (Å²) < 4.78 is 0. The number of hydrazone groups is 1. The minimum atomic E-state index is -0.120. The van der Waals surface area contributed by atoms with E-state index in [1.165, 1.54) is 5.56 Å². The number of amides is 1. The maximum atomic E-state index is 11.8. The summed E-state index contributed by atoms with van der Waals surface area (Å²) in [6.07, 6.45) is 2.63. The second kappa shape index (κ2) is 7.77. The second-order valence-corrected chi connectivity index (χ2v) is 6.83. The number of rotatable bonds is 5. The quantitative estimate of drug-likeness (QED) is 0.649. The SMILES string of the molecule is CC(C)(C)c1ccc(CCC(=O)N/N=C/c2ccc(O)cc2)cc1. The standard InChI is InChI=1S/C20H24N2O2/c1-20(2,3)17-9-4-15(5-10-17)8-13-19(24)22-21-14-16-6-11-18(23)12-7-16/h4-7,9-12,14,23H,8,13H2,1-3H3,(H,22,24)/b21-14+. The number of phenols is 1. The van der Waals surface area contributed by atoms with Crippen LogP contribution in [0.15, 0.2) is 53.6 Å². The molecule has 4 heteroatoms. The largest absolute Gasteiger partial charge is 0.508 e. The fourth-order valence-corrected chi connectivity index (χ4v) is 2.22. The molecule has 2 rings (SSSR count). The Morgan fingerprint density at radius 2 is 1.71 bits per heavy atom. The van der Waals surface area contributed by atoms with Gasteiger partial charge in [-0.1, -0.05) is 45.0 Å². The molecule has 0 saturated carbocycles. The van der Waals surface area contributed by atoms with Crippen molar-refractivity contribution in [3.05, 3.63) is 65.2 Å². The molecule has 0 aliphatic heterocycles. The van der Waals surface area contributed by atoms with Crippen LogP contribution in [0.1, 0.15) is 43.9 Å².